The maximum atomic E-state index is 6.11. The van der Waals surface area contributed by atoms with Crippen LogP contribution in [-0.2, 0) is 0 Å². The van der Waals surface area contributed by atoms with E-state index in [1.165, 1.54) is 0 Å². The highest BCUT2D eigenvalue weighted by molar-refractivity contribution is 6.40. The first kappa shape index (κ1) is 11.0. The van der Waals surface area contributed by atoms with Crippen LogP contribution in [0.15, 0.2) is 59.0 Å². The number of nitrogens with one attached hydrogen (secondary N) is 1. The Kier molecular flexibility index (Phi) is 1.94. The monoisotopic (exact) mass is 267 g/mol. The fourth-order valence-electron chi connectivity index (χ4n) is 3.21. The third-order valence-corrected chi connectivity index (χ3v) is 4.17. The number of benzene rings is 3. The van der Waals surface area contributed by atoms with Gasteiger partial charge < -0.3 is 9.40 Å². The van der Waals surface area contributed by atoms with Gasteiger partial charge in [-0.3, -0.25) is 0 Å². The second-order valence-electron chi connectivity index (χ2n) is 5.36. The molecule has 0 saturated heterocycles. The zero-order chi connectivity index (χ0) is 14.0. The van der Waals surface area contributed by atoms with Gasteiger partial charge >= 0.3 is 0 Å². The first-order valence-corrected chi connectivity index (χ1v) is 6.93. The number of hydrogen-bond donors (Lipinski definition) is 1. The number of aromatic amines is 1. The molecule has 1 N–H and O–H groups in total. The molecule has 2 radical (unpaired) electrons. The standard InChI is InChI=1S/C18H10BNO/c19-13-6-3-5-12-16-14(20-17(12)13)9-8-11-10-4-1-2-7-15(10)21-18(11)16/h1-9,20H. The molecule has 2 nitrogen and oxygen atoms in total. The number of aromatic nitrogens is 1. The highest BCUT2D eigenvalue weighted by Crippen LogP contribution is 2.36. The van der Waals surface area contributed by atoms with Crippen LogP contribution in [-0.4, -0.2) is 12.8 Å². The summed E-state index contributed by atoms with van der Waals surface area (Å²) in [7, 11) is 6.08. The van der Waals surface area contributed by atoms with E-state index in [1.54, 1.807) is 0 Å². The van der Waals surface area contributed by atoms with E-state index in [9.17, 15) is 0 Å². The molecule has 5 rings (SSSR count). The van der Waals surface area contributed by atoms with Gasteiger partial charge in [0.15, 0.2) is 0 Å². The summed E-state index contributed by atoms with van der Waals surface area (Å²) in [6, 6.07) is 18.3. The molecule has 0 aliphatic carbocycles. The topological polar surface area (TPSA) is 28.9 Å². The van der Waals surface area contributed by atoms with Crippen LogP contribution >= 0.6 is 0 Å². The van der Waals surface area contributed by atoms with Gasteiger partial charge in [-0.15, -0.1) is 0 Å². The van der Waals surface area contributed by atoms with Crippen molar-refractivity contribution in [1.29, 1.82) is 0 Å². The number of furan rings is 1. The Morgan fingerprint density at radius 2 is 1.67 bits per heavy atom. The minimum atomic E-state index is 0.757. The largest absolute Gasteiger partial charge is 0.455 e. The van der Waals surface area contributed by atoms with Crippen molar-refractivity contribution in [3.63, 3.8) is 0 Å². The zero-order valence-corrected chi connectivity index (χ0v) is 11.2. The summed E-state index contributed by atoms with van der Waals surface area (Å²) in [5, 5.41) is 4.50. The zero-order valence-electron chi connectivity index (χ0n) is 11.2. The van der Waals surface area contributed by atoms with Crippen molar-refractivity contribution in [2.24, 2.45) is 0 Å². The number of fused-ring (bicyclic) bond motifs is 7. The third kappa shape index (κ3) is 1.33. The fourth-order valence-corrected chi connectivity index (χ4v) is 3.21. The smallest absolute Gasteiger partial charge is 0.145 e. The van der Waals surface area contributed by atoms with E-state index < -0.39 is 0 Å². The molecule has 3 aromatic carbocycles. The van der Waals surface area contributed by atoms with Crippen LogP contribution < -0.4 is 5.46 Å². The Balaban J connectivity index is 2.13. The maximum Gasteiger partial charge on any atom is 0.145 e. The quantitative estimate of drug-likeness (QED) is 0.422. The van der Waals surface area contributed by atoms with Crippen molar-refractivity contribution in [2.75, 3.05) is 0 Å². The summed E-state index contributed by atoms with van der Waals surface area (Å²) >= 11 is 0. The molecule has 0 spiro atoms. The molecular weight excluding hydrogens is 257 g/mol. The van der Waals surface area contributed by atoms with E-state index in [1.807, 2.05) is 30.3 Å². The molecule has 0 aliphatic heterocycles. The van der Waals surface area contributed by atoms with E-state index >= 15 is 0 Å². The number of hydrogen-bond acceptors (Lipinski definition) is 1. The summed E-state index contributed by atoms with van der Waals surface area (Å²) in [5.41, 5.74) is 4.62. The second-order valence-corrected chi connectivity index (χ2v) is 5.36. The molecule has 5 aromatic rings. The second kappa shape index (κ2) is 3.70. The van der Waals surface area contributed by atoms with Crippen molar-refractivity contribution < 1.29 is 4.42 Å². The summed E-state index contributed by atoms with van der Waals surface area (Å²) < 4.78 is 6.11. The molecule has 2 aromatic heterocycles. The van der Waals surface area contributed by atoms with Gasteiger partial charge in [-0.1, -0.05) is 41.9 Å². The molecule has 0 bridgehead atoms. The Morgan fingerprint density at radius 3 is 2.62 bits per heavy atom. The van der Waals surface area contributed by atoms with Crippen molar-refractivity contribution in [3.8, 4) is 0 Å². The average Bonchev–Trinajstić information content (AvgIpc) is 3.05. The highest BCUT2D eigenvalue weighted by Gasteiger charge is 2.14. The van der Waals surface area contributed by atoms with E-state index in [2.05, 4.69) is 29.2 Å². The van der Waals surface area contributed by atoms with Crippen LogP contribution in [0, 0.1) is 0 Å². The normalized spacial score (nSPS) is 12.0. The Morgan fingerprint density at radius 1 is 0.810 bits per heavy atom. The summed E-state index contributed by atoms with van der Waals surface area (Å²) in [4.78, 5) is 3.40. The lowest BCUT2D eigenvalue weighted by Gasteiger charge is -1.95. The average molecular weight is 267 g/mol. The first-order valence-electron chi connectivity index (χ1n) is 6.93. The number of para-hydroxylation sites is 2. The van der Waals surface area contributed by atoms with Crippen molar-refractivity contribution in [2.45, 2.75) is 0 Å². The van der Waals surface area contributed by atoms with Gasteiger partial charge in [0.1, 0.15) is 19.0 Å². The first-order chi connectivity index (χ1) is 10.3. The predicted octanol–water partition coefficient (Wildman–Crippen LogP) is 4.01. The van der Waals surface area contributed by atoms with Gasteiger partial charge in [-0.2, -0.15) is 0 Å². The predicted molar refractivity (Wildman–Crippen MR) is 88.5 cm³/mol. The van der Waals surface area contributed by atoms with Crippen LogP contribution in [0.1, 0.15) is 0 Å². The molecule has 96 valence electrons. The van der Waals surface area contributed by atoms with Crippen molar-refractivity contribution >= 4 is 57.1 Å². The minimum Gasteiger partial charge on any atom is -0.455 e. The molecule has 0 aliphatic rings. The molecule has 0 fully saturated rings. The van der Waals surface area contributed by atoms with Crippen LogP contribution in [0.25, 0.3) is 43.7 Å². The van der Waals surface area contributed by atoms with E-state index in [0.29, 0.717) is 0 Å². The van der Waals surface area contributed by atoms with Crippen LogP contribution in [0.3, 0.4) is 0 Å². The van der Waals surface area contributed by atoms with Gasteiger partial charge in [0, 0.05) is 21.7 Å². The molecule has 0 unspecified atom stereocenters. The van der Waals surface area contributed by atoms with Crippen LogP contribution in [0.2, 0.25) is 0 Å². The van der Waals surface area contributed by atoms with Gasteiger partial charge in [0.25, 0.3) is 0 Å². The third-order valence-electron chi connectivity index (χ3n) is 4.17. The van der Waals surface area contributed by atoms with Gasteiger partial charge in [0.05, 0.1) is 10.9 Å². The molecule has 2 heterocycles. The Hall–Kier alpha value is -2.68. The Bertz CT molecular complexity index is 1150. The molecule has 0 amide bonds. The van der Waals surface area contributed by atoms with Crippen LogP contribution in [0.4, 0.5) is 0 Å². The van der Waals surface area contributed by atoms with Crippen LogP contribution in [0.5, 0.6) is 0 Å². The SMILES string of the molecule is [B]c1cccc2c1[nH]c1ccc3c4ccccc4oc3c12. The number of H-pyrrole nitrogens is 1. The van der Waals surface area contributed by atoms with Gasteiger partial charge in [0.2, 0.25) is 0 Å². The molecule has 3 heteroatoms. The lowest BCUT2D eigenvalue weighted by atomic mass is 9.93. The van der Waals surface area contributed by atoms with Gasteiger partial charge in [-0.05, 0) is 18.2 Å². The highest BCUT2D eigenvalue weighted by atomic mass is 16.3. The van der Waals surface area contributed by atoms with Crippen molar-refractivity contribution in [3.05, 3.63) is 54.6 Å². The minimum absolute atomic E-state index is 0.757. The molecular formula is C18H10BNO. The Labute approximate surface area is 121 Å². The lowest BCUT2D eigenvalue weighted by molar-refractivity contribution is 0.673. The van der Waals surface area contributed by atoms with E-state index in [4.69, 9.17) is 12.3 Å². The molecule has 0 saturated carbocycles. The number of rotatable bonds is 0. The summed E-state index contributed by atoms with van der Waals surface area (Å²) in [6.45, 7) is 0. The van der Waals surface area contributed by atoms with E-state index in [-0.39, 0.29) is 0 Å². The fraction of sp³-hybridized carbons (Fsp3) is 0. The molecule has 0 atom stereocenters. The lowest BCUT2D eigenvalue weighted by Crippen LogP contribution is -2.01. The summed E-state index contributed by atoms with van der Waals surface area (Å²) in [6.07, 6.45) is 0. The molecule has 21 heavy (non-hydrogen) atoms. The van der Waals surface area contributed by atoms with E-state index in [0.717, 1.165) is 49.2 Å². The summed E-state index contributed by atoms with van der Waals surface area (Å²) in [5.74, 6) is 0. The van der Waals surface area contributed by atoms with Crippen molar-refractivity contribution in [1.82, 2.24) is 4.98 Å². The van der Waals surface area contributed by atoms with Gasteiger partial charge in [-0.25, -0.2) is 0 Å². The maximum absolute atomic E-state index is 6.11.